The minimum Gasteiger partial charge on any atom is -0.306 e. The van der Waals surface area contributed by atoms with Crippen LogP contribution in [-0.4, -0.2) is 6.54 Å². The summed E-state index contributed by atoms with van der Waals surface area (Å²) in [6, 6.07) is 8.53. The summed E-state index contributed by atoms with van der Waals surface area (Å²) in [4.78, 5) is 1.33. The van der Waals surface area contributed by atoms with Crippen LogP contribution in [0.15, 0.2) is 32.5 Å². The van der Waals surface area contributed by atoms with Crippen LogP contribution in [0, 0.1) is 6.92 Å². The number of rotatable bonds is 5. The Morgan fingerprint density at radius 1 is 1.30 bits per heavy atom. The van der Waals surface area contributed by atoms with Crippen LogP contribution in [0.2, 0.25) is 5.02 Å². The molecule has 20 heavy (non-hydrogen) atoms. The van der Waals surface area contributed by atoms with E-state index in [2.05, 4.69) is 69.2 Å². The summed E-state index contributed by atoms with van der Waals surface area (Å²) in [5.74, 6) is 0. The molecule has 0 saturated carbocycles. The van der Waals surface area contributed by atoms with Crippen LogP contribution < -0.4 is 5.32 Å². The Hall–Kier alpha value is 0.130. The first-order valence-corrected chi connectivity index (χ1v) is 9.25. The molecule has 0 bridgehead atoms. The van der Waals surface area contributed by atoms with Crippen molar-refractivity contribution >= 4 is 54.8 Å². The average Bonchev–Trinajstić information content (AvgIpc) is 2.73. The highest BCUT2D eigenvalue weighted by Gasteiger charge is 2.18. The second kappa shape index (κ2) is 7.41. The maximum Gasteiger partial charge on any atom is 0.0704 e. The first-order valence-electron chi connectivity index (χ1n) is 6.47. The van der Waals surface area contributed by atoms with Crippen molar-refractivity contribution in [3.05, 3.63) is 53.6 Å². The van der Waals surface area contributed by atoms with Crippen molar-refractivity contribution in [2.45, 2.75) is 26.3 Å². The van der Waals surface area contributed by atoms with Crippen molar-refractivity contribution in [3.63, 3.8) is 0 Å². The van der Waals surface area contributed by atoms with Crippen LogP contribution in [0.1, 0.15) is 35.4 Å². The number of aryl methyl sites for hydroxylation is 1. The van der Waals surface area contributed by atoms with E-state index in [0.29, 0.717) is 0 Å². The molecule has 0 aliphatic heterocycles. The van der Waals surface area contributed by atoms with E-state index >= 15 is 0 Å². The molecular weight excluding hydrogens is 422 g/mol. The Morgan fingerprint density at radius 3 is 2.60 bits per heavy atom. The lowest BCUT2D eigenvalue weighted by Gasteiger charge is -2.20. The maximum atomic E-state index is 6.10. The van der Waals surface area contributed by atoms with Gasteiger partial charge in [-0.25, -0.2) is 0 Å². The van der Waals surface area contributed by atoms with Crippen LogP contribution in [0.3, 0.4) is 0 Å². The van der Waals surface area contributed by atoms with Gasteiger partial charge in [-0.1, -0.05) is 24.6 Å². The zero-order valence-electron chi connectivity index (χ0n) is 11.3. The molecule has 1 nitrogen and oxygen atoms in total. The van der Waals surface area contributed by atoms with Gasteiger partial charge in [0.05, 0.1) is 14.9 Å². The summed E-state index contributed by atoms with van der Waals surface area (Å²) >= 11 is 15.0. The molecule has 5 heteroatoms. The second-order valence-corrected chi connectivity index (χ2v) is 8.52. The minimum absolute atomic E-state index is 0.200. The lowest BCUT2D eigenvalue weighted by atomic mass is 9.99. The molecule has 0 aliphatic rings. The third-order valence-electron chi connectivity index (χ3n) is 3.11. The van der Waals surface area contributed by atoms with Gasteiger partial charge in [0.1, 0.15) is 0 Å². The molecule has 2 rings (SSSR count). The number of hydrogen-bond donors (Lipinski definition) is 1. The van der Waals surface area contributed by atoms with Gasteiger partial charge in [-0.15, -0.1) is 11.3 Å². The fraction of sp³-hybridized carbons (Fsp3) is 0.333. The summed E-state index contributed by atoms with van der Waals surface area (Å²) in [6.07, 6.45) is 1.11. The standard InChI is InChI=1S/C15H16Br2ClNS/c1-3-6-19-15(11-8-14(17)20-9(11)2)10-4-5-13(18)12(16)7-10/h4-5,7-8,15,19H,3,6H2,1-2H3. The van der Waals surface area contributed by atoms with Crippen LogP contribution in [0.4, 0.5) is 0 Å². The van der Waals surface area contributed by atoms with E-state index in [-0.39, 0.29) is 6.04 Å². The molecule has 1 unspecified atom stereocenters. The highest BCUT2D eigenvalue weighted by molar-refractivity contribution is 9.11. The molecular formula is C15H16Br2ClNS. The van der Waals surface area contributed by atoms with Crippen molar-refractivity contribution in [2.75, 3.05) is 6.54 Å². The SMILES string of the molecule is CCCNC(c1ccc(Cl)c(Br)c1)c1cc(Br)sc1C. The minimum atomic E-state index is 0.200. The van der Waals surface area contributed by atoms with E-state index < -0.39 is 0 Å². The van der Waals surface area contributed by atoms with E-state index in [1.807, 2.05) is 6.07 Å². The lowest BCUT2D eigenvalue weighted by Crippen LogP contribution is -2.23. The molecule has 0 aliphatic carbocycles. The smallest absolute Gasteiger partial charge is 0.0704 e. The Labute approximate surface area is 146 Å². The third-order valence-corrected chi connectivity index (χ3v) is 5.90. The fourth-order valence-corrected chi connectivity index (χ4v) is 4.40. The molecule has 2 aromatic rings. The number of nitrogens with one attached hydrogen (secondary N) is 1. The van der Waals surface area contributed by atoms with Crippen molar-refractivity contribution in [3.8, 4) is 0 Å². The highest BCUT2D eigenvalue weighted by Crippen LogP contribution is 2.35. The summed E-state index contributed by atoms with van der Waals surface area (Å²) in [7, 11) is 0. The number of hydrogen-bond acceptors (Lipinski definition) is 2. The van der Waals surface area contributed by atoms with E-state index in [0.717, 1.165) is 22.5 Å². The molecule has 0 saturated heterocycles. The van der Waals surface area contributed by atoms with Gasteiger partial charge in [0.2, 0.25) is 0 Å². The fourth-order valence-electron chi connectivity index (χ4n) is 2.13. The van der Waals surface area contributed by atoms with Crippen LogP contribution in [-0.2, 0) is 0 Å². The van der Waals surface area contributed by atoms with E-state index in [4.69, 9.17) is 11.6 Å². The van der Waals surface area contributed by atoms with Crippen LogP contribution in [0.25, 0.3) is 0 Å². The van der Waals surface area contributed by atoms with Crippen molar-refractivity contribution in [2.24, 2.45) is 0 Å². The molecule has 1 atom stereocenters. The first kappa shape index (κ1) is 16.5. The van der Waals surface area contributed by atoms with E-state index in [1.165, 1.54) is 19.8 Å². The van der Waals surface area contributed by atoms with Gasteiger partial charge in [-0.2, -0.15) is 0 Å². The van der Waals surface area contributed by atoms with Gasteiger partial charge in [-0.05, 0) is 81.1 Å². The molecule has 0 spiro atoms. The Morgan fingerprint density at radius 2 is 2.05 bits per heavy atom. The summed E-state index contributed by atoms with van der Waals surface area (Å²) in [5.41, 5.74) is 2.55. The summed E-state index contributed by atoms with van der Waals surface area (Å²) in [6.45, 7) is 5.33. The third kappa shape index (κ3) is 3.86. The molecule has 0 amide bonds. The molecule has 0 radical (unpaired) electrons. The Balaban J connectivity index is 2.41. The highest BCUT2D eigenvalue weighted by atomic mass is 79.9. The molecule has 0 fully saturated rings. The van der Waals surface area contributed by atoms with Gasteiger partial charge in [0.25, 0.3) is 0 Å². The monoisotopic (exact) mass is 435 g/mol. The van der Waals surface area contributed by atoms with E-state index in [1.54, 1.807) is 11.3 Å². The van der Waals surface area contributed by atoms with Gasteiger partial charge in [-0.3, -0.25) is 0 Å². The summed E-state index contributed by atoms with van der Waals surface area (Å²) < 4.78 is 2.10. The molecule has 1 N–H and O–H groups in total. The molecule has 108 valence electrons. The molecule has 1 aromatic carbocycles. The zero-order chi connectivity index (χ0) is 14.7. The predicted octanol–water partition coefficient (Wildman–Crippen LogP) is 6.32. The van der Waals surface area contributed by atoms with Crippen molar-refractivity contribution in [1.29, 1.82) is 0 Å². The van der Waals surface area contributed by atoms with Gasteiger partial charge < -0.3 is 5.32 Å². The maximum absolute atomic E-state index is 6.10. The molecule has 1 heterocycles. The number of benzene rings is 1. The largest absolute Gasteiger partial charge is 0.306 e. The summed E-state index contributed by atoms with van der Waals surface area (Å²) in [5, 5.41) is 4.37. The Bertz CT molecular complexity index is 598. The van der Waals surface area contributed by atoms with Crippen LogP contribution in [0.5, 0.6) is 0 Å². The van der Waals surface area contributed by atoms with E-state index in [9.17, 15) is 0 Å². The average molecular weight is 438 g/mol. The first-order chi connectivity index (χ1) is 9.52. The lowest BCUT2D eigenvalue weighted by molar-refractivity contribution is 0.598. The van der Waals surface area contributed by atoms with Crippen LogP contribution >= 0.6 is 54.8 Å². The number of thiophene rings is 1. The van der Waals surface area contributed by atoms with Gasteiger partial charge in [0, 0.05) is 9.35 Å². The topological polar surface area (TPSA) is 12.0 Å². The van der Waals surface area contributed by atoms with Crippen molar-refractivity contribution in [1.82, 2.24) is 5.32 Å². The quantitative estimate of drug-likeness (QED) is 0.577. The zero-order valence-corrected chi connectivity index (χ0v) is 16.1. The number of halogens is 3. The van der Waals surface area contributed by atoms with Gasteiger partial charge in [0.15, 0.2) is 0 Å². The van der Waals surface area contributed by atoms with Crippen molar-refractivity contribution < 1.29 is 0 Å². The molecule has 1 aromatic heterocycles. The van der Waals surface area contributed by atoms with Gasteiger partial charge >= 0.3 is 0 Å². The second-order valence-electron chi connectivity index (χ2n) is 4.62. The Kier molecular flexibility index (Phi) is 6.11. The predicted molar refractivity (Wildman–Crippen MR) is 96.0 cm³/mol. The normalized spacial score (nSPS) is 12.7.